The Morgan fingerprint density at radius 3 is 2.54 bits per heavy atom. The van der Waals surface area contributed by atoms with Crippen LogP contribution in [-0.4, -0.2) is 70.3 Å². The van der Waals surface area contributed by atoms with Crippen LogP contribution in [0, 0.1) is 6.92 Å². The van der Waals surface area contributed by atoms with Crippen LogP contribution in [0.3, 0.4) is 0 Å². The predicted octanol–water partition coefficient (Wildman–Crippen LogP) is 2.59. The molecule has 10 nitrogen and oxygen atoms in total. The van der Waals surface area contributed by atoms with E-state index in [9.17, 15) is 14.7 Å². The Bertz CT molecular complexity index is 1250. The molecule has 0 aliphatic carbocycles. The SMILES string of the molecule is COCC(C)n1c(-c2cc(C)c(=O)n(C)c2)nc2cc(OCCNC(C(=O)OC(C)C)C(C)O)ccc21. The average Bonchev–Trinajstić information content (AvgIpc) is 3.20. The fraction of sp³-hybridized carbons (Fsp3) is 0.519. The zero-order chi connectivity index (χ0) is 27.3. The number of fused-ring (bicyclic) bond motifs is 1. The third kappa shape index (κ3) is 6.76. The number of ether oxygens (including phenoxy) is 3. The van der Waals surface area contributed by atoms with E-state index in [4.69, 9.17) is 19.2 Å². The molecule has 2 aromatic heterocycles. The van der Waals surface area contributed by atoms with Crippen molar-refractivity contribution in [2.45, 2.75) is 58.9 Å². The molecule has 0 aliphatic heterocycles. The first-order valence-electron chi connectivity index (χ1n) is 12.5. The van der Waals surface area contributed by atoms with E-state index in [1.165, 1.54) is 0 Å². The molecule has 3 atom stereocenters. The van der Waals surface area contributed by atoms with Gasteiger partial charge in [0.15, 0.2) is 0 Å². The topological polar surface area (TPSA) is 117 Å². The molecule has 0 spiro atoms. The Hall–Kier alpha value is -3.21. The molecule has 10 heteroatoms. The number of pyridine rings is 1. The molecule has 2 heterocycles. The molecule has 3 unspecified atom stereocenters. The Balaban J connectivity index is 1.82. The highest BCUT2D eigenvalue weighted by atomic mass is 16.5. The Kier molecular flexibility index (Phi) is 9.47. The normalized spacial score (nSPS) is 14.1. The standard InChI is InChI=1S/C27H38N4O6/c1-16(2)37-27(34)24(19(5)32)28-10-11-36-21-8-9-23-22(13-21)29-25(31(23)18(4)15-35-7)20-12-17(3)26(33)30(6)14-20/h8-9,12-14,16,18-19,24,28,32H,10-11,15H2,1-7H3. The minimum atomic E-state index is -0.903. The van der Waals surface area contributed by atoms with E-state index in [-0.39, 0.29) is 24.3 Å². The number of benzene rings is 1. The molecular formula is C27H38N4O6. The molecule has 0 fully saturated rings. The van der Waals surface area contributed by atoms with Crippen molar-refractivity contribution in [2.24, 2.45) is 7.05 Å². The minimum absolute atomic E-state index is 0.00140. The van der Waals surface area contributed by atoms with Gasteiger partial charge in [0, 0.05) is 44.1 Å². The number of rotatable bonds is 12. The first-order valence-corrected chi connectivity index (χ1v) is 12.5. The van der Waals surface area contributed by atoms with Crippen LogP contribution in [0.15, 0.2) is 35.3 Å². The van der Waals surface area contributed by atoms with Gasteiger partial charge in [-0.3, -0.25) is 14.9 Å². The number of carbonyl (C=O) groups excluding carboxylic acids is 1. The lowest BCUT2D eigenvalue weighted by Crippen LogP contribution is -2.47. The van der Waals surface area contributed by atoms with Gasteiger partial charge in [-0.05, 0) is 52.8 Å². The molecule has 3 aromatic rings. The zero-order valence-electron chi connectivity index (χ0n) is 22.6. The van der Waals surface area contributed by atoms with Crippen LogP contribution in [0.2, 0.25) is 0 Å². The largest absolute Gasteiger partial charge is 0.492 e. The lowest BCUT2D eigenvalue weighted by Gasteiger charge is -2.21. The van der Waals surface area contributed by atoms with E-state index in [1.807, 2.05) is 24.3 Å². The summed E-state index contributed by atoms with van der Waals surface area (Å²) in [6.07, 6.45) is 0.623. The smallest absolute Gasteiger partial charge is 0.326 e. The summed E-state index contributed by atoms with van der Waals surface area (Å²) in [5.41, 5.74) is 3.10. The summed E-state index contributed by atoms with van der Waals surface area (Å²) in [4.78, 5) is 29.3. The number of hydrogen-bond donors (Lipinski definition) is 2. The van der Waals surface area contributed by atoms with Crippen molar-refractivity contribution in [3.63, 3.8) is 0 Å². The Labute approximate surface area is 217 Å². The lowest BCUT2D eigenvalue weighted by molar-refractivity contribution is -0.152. The summed E-state index contributed by atoms with van der Waals surface area (Å²) in [6, 6.07) is 6.71. The predicted molar refractivity (Wildman–Crippen MR) is 142 cm³/mol. The second-order valence-corrected chi connectivity index (χ2v) is 9.59. The maximum atomic E-state index is 12.2. The molecule has 37 heavy (non-hydrogen) atoms. The van der Waals surface area contributed by atoms with Crippen molar-refractivity contribution in [1.82, 2.24) is 19.4 Å². The number of aliphatic hydroxyl groups is 1. The maximum Gasteiger partial charge on any atom is 0.326 e. The number of carbonyl (C=O) groups is 1. The molecule has 202 valence electrons. The third-order valence-electron chi connectivity index (χ3n) is 5.95. The molecule has 0 bridgehead atoms. The summed E-state index contributed by atoms with van der Waals surface area (Å²) in [7, 11) is 3.39. The highest BCUT2D eigenvalue weighted by molar-refractivity contribution is 5.82. The highest BCUT2D eigenvalue weighted by Crippen LogP contribution is 2.30. The van der Waals surface area contributed by atoms with E-state index in [0.29, 0.717) is 24.5 Å². The van der Waals surface area contributed by atoms with E-state index >= 15 is 0 Å². The fourth-order valence-corrected chi connectivity index (χ4v) is 4.27. The van der Waals surface area contributed by atoms with Gasteiger partial charge >= 0.3 is 5.97 Å². The minimum Gasteiger partial charge on any atom is -0.492 e. The van der Waals surface area contributed by atoms with E-state index < -0.39 is 18.1 Å². The molecule has 0 amide bonds. The van der Waals surface area contributed by atoms with Crippen molar-refractivity contribution in [1.29, 1.82) is 0 Å². The number of methoxy groups -OCH3 is 1. The van der Waals surface area contributed by atoms with Crippen molar-refractivity contribution >= 4 is 17.0 Å². The number of aromatic nitrogens is 3. The van der Waals surface area contributed by atoms with Crippen molar-refractivity contribution in [3.05, 3.63) is 46.4 Å². The molecule has 3 rings (SSSR count). The van der Waals surface area contributed by atoms with E-state index in [2.05, 4.69) is 16.8 Å². The van der Waals surface area contributed by atoms with Gasteiger partial charge in [-0.1, -0.05) is 0 Å². The number of nitrogens with zero attached hydrogens (tertiary/aromatic N) is 3. The van der Waals surface area contributed by atoms with Crippen LogP contribution in [0.25, 0.3) is 22.4 Å². The number of hydrogen-bond acceptors (Lipinski definition) is 8. The maximum absolute atomic E-state index is 12.2. The van der Waals surface area contributed by atoms with Crippen molar-refractivity contribution in [2.75, 3.05) is 26.9 Å². The Morgan fingerprint density at radius 1 is 1.19 bits per heavy atom. The summed E-state index contributed by atoms with van der Waals surface area (Å²) in [5.74, 6) is 0.865. The van der Waals surface area contributed by atoms with Crippen LogP contribution in [0.4, 0.5) is 0 Å². The summed E-state index contributed by atoms with van der Waals surface area (Å²) >= 11 is 0. The molecule has 0 aliphatic rings. The van der Waals surface area contributed by atoms with Gasteiger partial charge in [-0.25, -0.2) is 4.98 Å². The summed E-state index contributed by atoms with van der Waals surface area (Å²) < 4.78 is 20.2. The van der Waals surface area contributed by atoms with Gasteiger partial charge in [-0.2, -0.15) is 0 Å². The molecule has 1 aromatic carbocycles. The Morgan fingerprint density at radius 2 is 1.92 bits per heavy atom. The molecule has 0 radical (unpaired) electrons. The summed E-state index contributed by atoms with van der Waals surface area (Å²) in [6.45, 7) is 10.0. The quantitative estimate of drug-likeness (QED) is 0.280. The number of imidazole rings is 1. The first kappa shape index (κ1) is 28.4. The van der Waals surface area contributed by atoms with E-state index in [0.717, 1.165) is 22.4 Å². The van der Waals surface area contributed by atoms with Crippen LogP contribution in [0.1, 0.15) is 39.3 Å². The van der Waals surface area contributed by atoms with Gasteiger partial charge in [0.1, 0.15) is 24.2 Å². The summed E-state index contributed by atoms with van der Waals surface area (Å²) in [5, 5.41) is 12.9. The number of esters is 1. The second kappa shape index (κ2) is 12.4. The monoisotopic (exact) mass is 514 g/mol. The third-order valence-corrected chi connectivity index (χ3v) is 5.95. The van der Waals surface area contributed by atoms with Gasteiger partial charge in [0.2, 0.25) is 0 Å². The number of aliphatic hydroxyl groups excluding tert-OH is 1. The van der Waals surface area contributed by atoms with Gasteiger partial charge < -0.3 is 28.5 Å². The lowest BCUT2D eigenvalue weighted by atomic mass is 10.2. The van der Waals surface area contributed by atoms with Gasteiger partial charge in [0.25, 0.3) is 5.56 Å². The van der Waals surface area contributed by atoms with Crippen LogP contribution in [-0.2, 0) is 21.3 Å². The second-order valence-electron chi connectivity index (χ2n) is 9.59. The molecular weight excluding hydrogens is 476 g/mol. The number of nitrogens with one attached hydrogen (secondary N) is 1. The van der Waals surface area contributed by atoms with Crippen LogP contribution < -0.4 is 15.6 Å². The van der Waals surface area contributed by atoms with Crippen molar-refractivity contribution in [3.8, 4) is 17.1 Å². The van der Waals surface area contributed by atoms with Gasteiger partial charge in [0.05, 0.1) is 35.9 Å². The molecule has 2 N–H and O–H groups in total. The van der Waals surface area contributed by atoms with Crippen LogP contribution in [0.5, 0.6) is 5.75 Å². The average molecular weight is 515 g/mol. The number of aryl methyl sites for hydroxylation is 2. The first-order chi connectivity index (χ1) is 17.5. The fourth-order valence-electron chi connectivity index (χ4n) is 4.27. The van der Waals surface area contributed by atoms with Gasteiger partial charge in [-0.15, -0.1) is 0 Å². The van der Waals surface area contributed by atoms with E-state index in [1.54, 1.807) is 52.6 Å². The van der Waals surface area contributed by atoms with Crippen LogP contribution >= 0.6 is 0 Å². The van der Waals surface area contributed by atoms with Crippen molar-refractivity contribution < 1.29 is 24.1 Å². The highest BCUT2D eigenvalue weighted by Gasteiger charge is 2.25. The molecule has 0 saturated heterocycles. The zero-order valence-corrected chi connectivity index (χ0v) is 22.6. The molecule has 0 saturated carbocycles.